The first kappa shape index (κ1) is 15.3. The fourth-order valence-corrected chi connectivity index (χ4v) is 2.12. The first-order chi connectivity index (χ1) is 11.6. The molecule has 1 aromatic carbocycles. The molecule has 0 radical (unpaired) electrons. The fourth-order valence-electron chi connectivity index (χ4n) is 2.12. The van der Waals surface area contributed by atoms with Gasteiger partial charge in [-0.1, -0.05) is 30.3 Å². The minimum absolute atomic E-state index is 0.110. The van der Waals surface area contributed by atoms with Crippen LogP contribution < -0.4 is 16.6 Å². The van der Waals surface area contributed by atoms with Gasteiger partial charge in [-0.05, 0) is 6.07 Å². The van der Waals surface area contributed by atoms with Gasteiger partial charge in [0, 0.05) is 11.6 Å². The Kier molecular flexibility index (Phi) is 4.28. The maximum absolute atomic E-state index is 12.0. The van der Waals surface area contributed by atoms with Gasteiger partial charge in [0.05, 0.1) is 17.9 Å². The molecule has 8 nitrogen and oxygen atoms in total. The van der Waals surface area contributed by atoms with Crippen molar-refractivity contribution in [1.29, 1.82) is 0 Å². The van der Waals surface area contributed by atoms with Crippen LogP contribution in [0.3, 0.4) is 0 Å². The molecule has 0 aliphatic carbocycles. The Morgan fingerprint density at radius 3 is 2.58 bits per heavy atom. The van der Waals surface area contributed by atoms with E-state index in [0.717, 1.165) is 17.3 Å². The van der Waals surface area contributed by atoms with Crippen LogP contribution in [0.5, 0.6) is 0 Å². The molecular weight excluding hydrogens is 310 g/mol. The molecule has 0 atom stereocenters. The van der Waals surface area contributed by atoms with Crippen molar-refractivity contribution < 1.29 is 4.79 Å². The number of amides is 1. The lowest BCUT2D eigenvalue weighted by Gasteiger charge is -2.06. The number of hydrogen-bond donors (Lipinski definition) is 3. The van der Waals surface area contributed by atoms with E-state index in [2.05, 4.69) is 20.3 Å². The van der Waals surface area contributed by atoms with Crippen molar-refractivity contribution in [1.82, 2.24) is 25.3 Å². The number of carbonyl (C=O) groups is 1. The number of nitrogens with one attached hydrogen (secondary N) is 3. The zero-order chi connectivity index (χ0) is 16.9. The molecule has 0 fully saturated rings. The van der Waals surface area contributed by atoms with Crippen LogP contribution in [0.4, 0.5) is 0 Å². The number of rotatable bonds is 4. The molecule has 120 valence electrons. The number of aromatic amines is 2. The topological polar surface area (TPSA) is 121 Å². The van der Waals surface area contributed by atoms with Gasteiger partial charge in [0.2, 0.25) is 0 Å². The number of aromatic nitrogens is 4. The van der Waals surface area contributed by atoms with Crippen LogP contribution >= 0.6 is 0 Å². The van der Waals surface area contributed by atoms with E-state index < -0.39 is 17.2 Å². The molecule has 1 amide bonds. The SMILES string of the molecule is O=C(NCc1cc(-c2ccccc2)ncn1)c1cc(=O)[nH]c(=O)[nH]1. The largest absolute Gasteiger partial charge is 0.345 e. The molecule has 2 aromatic heterocycles. The van der Waals surface area contributed by atoms with Crippen molar-refractivity contribution in [2.45, 2.75) is 6.54 Å². The van der Waals surface area contributed by atoms with Gasteiger partial charge >= 0.3 is 5.69 Å². The van der Waals surface area contributed by atoms with Crippen LogP contribution in [0.2, 0.25) is 0 Å². The van der Waals surface area contributed by atoms with Crippen LogP contribution in [0.1, 0.15) is 16.2 Å². The van der Waals surface area contributed by atoms with Crippen molar-refractivity contribution in [2.75, 3.05) is 0 Å². The lowest BCUT2D eigenvalue weighted by Crippen LogP contribution is -2.30. The highest BCUT2D eigenvalue weighted by atomic mass is 16.2. The molecule has 2 heterocycles. The molecule has 3 rings (SSSR count). The highest BCUT2D eigenvalue weighted by molar-refractivity contribution is 5.91. The highest BCUT2D eigenvalue weighted by Gasteiger charge is 2.09. The van der Waals surface area contributed by atoms with Gasteiger partial charge in [0.15, 0.2) is 0 Å². The second-order valence-corrected chi connectivity index (χ2v) is 4.94. The van der Waals surface area contributed by atoms with E-state index in [9.17, 15) is 14.4 Å². The quantitative estimate of drug-likeness (QED) is 0.644. The van der Waals surface area contributed by atoms with E-state index in [1.54, 1.807) is 6.07 Å². The Balaban J connectivity index is 1.74. The van der Waals surface area contributed by atoms with Crippen molar-refractivity contribution in [3.8, 4) is 11.3 Å². The average Bonchev–Trinajstić information content (AvgIpc) is 2.60. The monoisotopic (exact) mass is 323 g/mol. The summed E-state index contributed by atoms with van der Waals surface area (Å²) >= 11 is 0. The number of hydrogen-bond acceptors (Lipinski definition) is 5. The third kappa shape index (κ3) is 3.61. The predicted molar refractivity (Wildman–Crippen MR) is 86.3 cm³/mol. The molecule has 24 heavy (non-hydrogen) atoms. The van der Waals surface area contributed by atoms with Crippen molar-refractivity contribution in [3.63, 3.8) is 0 Å². The van der Waals surface area contributed by atoms with Crippen molar-refractivity contribution in [3.05, 3.63) is 81.0 Å². The molecule has 0 spiro atoms. The standard InChI is InChI=1S/C16H13N5O3/c22-14-7-13(20-16(24)21-14)15(23)17-8-11-6-12(19-9-18-11)10-4-2-1-3-5-10/h1-7,9H,8H2,(H,17,23)(H2,20,21,22,24). The van der Waals surface area contributed by atoms with Crippen molar-refractivity contribution >= 4 is 5.91 Å². The second-order valence-electron chi connectivity index (χ2n) is 4.94. The van der Waals surface area contributed by atoms with Crippen LogP contribution in [0, 0.1) is 0 Å². The van der Waals surface area contributed by atoms with E-state index in [-0.39, 0.29) is 12.2 Å². The summed E-state index contributed by atoms with van der Waals surface area (Å²) in [5, 5.41) is 2.60. The summed E-state index contributed by atoms with van der Waals surface area (Å²) in [5.41, 5.74) is 0.787. The average molecular weight is 323 g/mol. The van der Waals surface area contributed by atoms with Crippen LogP contribution in [0.15, 0.2) is 58.4 Å². The zero-order valence-corrected chi connectivity index (χ0v) is 12.4. The molecule has 0 saturated carbocycles. The molecule has 0 aliphatic rings. The van der Waals surface area contributed by atoms with Crippen LogP contribution in [-0.2, 0) is 6.54 Å². The number of benzene rings is 1. The smallest absolute Gasteiger partial charge is 0.326 e. The number of carbonyl (C=O) groups excluding carboxylic acids is 1. The third-order valence-electron chi connectivity index (χ3n) is 3.23. The molecule has 0 saturated heterocycles. The Morgan fingerprint density at radius 2 is 1.83 bits per heavy atom. The number of nitrogens with zero attached hydrogens (tertiary/aromatic N) is 2. The predicted octanol–water partition coefficient (Wildman–Crippen LogP) is 0.450. The first-order valence-electron chi connectivity index (χ1n) is 7.10. The Hall–Kier alpha value is -3.55. The van der Waals surface area contributed by atoms with E-state index >= 15 is 0 Å². The Labute approximate surface area is 135 Å². The van der Waals surface area contributed by atoms with E-state index in [1.807, 2.05) is 35.3 Å². The van der Waals surface area contributed by atoms with Gasteiger partial charge in [-0.3, -0.25) is 14.6 Å². The van der Waals surface area contributed by atoms with E-state index in [4.69, 9.17) is 0 Å². The minimum atomic E-state index is -0.735. The van der Waals surface area contributed by atoms with Gasteiger partial charge in [-0.2, -0.15) is 0 Å². The minimum Gasteiger partial charge on any atom is -0.345 e. The van der Waals surface area contributed by atoms with Gasteiger partial charge in [-0.25, -0.2) is 14.8 Å². The Morgan fingerprint density at radius 1 is 1.04 bits per heavy atom. The highest BCUT2D eigenvalue weighted by Crippen LogP contribution is 2.15. The van der Waals surface area contributed by atoms with Gasteiger partial charge in [-0.15, -0.1) is 0 Å². The third-order valence-corrected chi connectivity index (χ3v) is 3.23. The molecule has 0 aliphatic heterocycles. The summed E-state index contributed by atoms with van der Waals surface area (Å²) in [5.74, 6) is -0.571. The molecule has 8 heteroatoms. The lowest BCUT2D eigenvalue weighted by atomic mass is 10.1. The maximum Gasteiger partial charge on any atom is 0.326 e. The fraction of sp³-hybridized carbons (Fsp3) is 0.0625. The summed E-state index contributed by atoms with van der Waals surface area (Å²) < 4.78 is 0. The summed E-state index contributed by atoms with van der Waals surface area (Å²) in [4.78, 5) is 47.0. The molecule has 3 aromatic rings. The molecule has 0 unspecified atom stereocenters. The number of H-pyrrole nitrogens is 2. The summed E-state index contributed by atoms with van der Waals surface area (Å²) in [6.07, 6.45) is 1.42. The summed E-state index contributed by atoms with van der Waals surface area (Å²) in [7, 11) is 0. The Bertz CT molecular complexity index is 950. The molecule has 3 N–H and O–H groups in total. The second kappa shape index (κ2) is 6.69. The van der Waals surface area contributed by atoms with Gasteiger partial charge in [0.1, 0.15) is 12.0 Å². The summed E-state index contributed by atoms with van der Waals surface area (Å²) in [6.45, 7) is 0.135. The van der Waals surface area contributed by atoms with Crippen LogP contribution in [0.25, 0.3) is 11.3 Å². The lowest BCUT2D eigenvalue weighted by molar-refractivity contribution is 0.0944. The van der Waals surface area contributed by atoms with Gasteiger partial charge in [0.25, 0.3) is 11.5 Å². The zero-order valence-electron chi connectivity index (χ0n) is 12.4. The van der Waals surface area contributed by atoms with Crippen molar-refractivity contribution in [2.24, 2.45) is 0 Å². The first-order valence-corrected chi connectivity index (χ1v) is 7.10. The van der Waals surface area contributed by atoms with Crippen LogP contribution in [-0.4, -0.2) is 25.8 Å². The maximum atomic E-state index is 12.0. The summed E-state index contributed by atoms with van der Waals surface area (Å²) in [6, 6.07) is 12.3. The molecular formula is C16H13N5O3. The van der Waals surface area contributed by atoms with E-state index in [1.165, 1.54) is 6.33 Å². The van der Waals surface area contributed by atoms with Gasteiger partial charge < -0.3 is 10.3 Å². The molecule has 0 bridgehead atoms. The van der Waals surface area contributed by atoms with E-state index in [0.29, 0.717) is 5.69 Å². The normalized spacial score (nSPS) is 10.3.